The van der Waals surface area contributed by atoms with Crippen molar-refractivity contribution in [1.29, 1.82) is 0 Å². The molecule has 0 bridgehead atoms. The normalized spacial score (nSPS) is 23.8. The van der Waals surface area contributed by atoms with E-state index in [1.807, 2.05) is 6.07 Å². The lowest BCUT2D eigenvalue weighted by Crippen LogP contribution is -2.70. The number of carbonyl (C=O) groups excluding carboxylic acids is 2. The monoisotopic (exact) mass is 295 g/mol. The molecule has 7 heteroatoms. The van der Waals surface area contributed by atoms with Gasteiger partial charge in [-0.15, -0.1) is 0 Å². The van der Waals surface area contributed by atoms with Crippen LogP contribution in [0.4, 0.5) is 5.69 Å². The summed E-state index contributed by atoms with van der Waals surface area (Å²) in [5, 5.41) is 2.84. The van der Waals surface area contributed by atoms with Crippen LogP contribution in [0.15, 0.2) is 30.3 Å². The van der Waals surface area contributed by atoms with Gasteiger partial charge >= 0.3 is 17.7 Å². The first-order valence-electron chi connectivity index (χ1n) is 6.65. The lowest BCUT2D eigenvalue weighted by Gasteiger charge is -2.43. The zero-order valence-corrected chi connectivity index (χ0v) is 11.8. The highest BCUT2D eigenvalue weighted by atomic mass is 17.3. The van der Waals surface area contributed by atoms with E-state index in [4.69, 9.17) is 19.2 Å². The lowest BCUT2D eigenvalue weighted by molar-refractivity contribution is -0.478. The van der Waals surface area contributed by atoms with Gasteiger partial charge in [0.05, 0.1) is 13.2 Å². The number of anilines is 1. The van der Waals surface area contributed by atoms with Crippen molar-refractivity contribution in [3.05, 3.63) is 30.3 Å². The zero-order valence-electron chi connectivity index (χ0n) is 11.8. The van der Waals surface area contributed by atoms with E-state index in [0.717, 1.165) is 0 Å². The minimum Gasteiger partial charge on any atom is -0.464 e. The van der Waals surface area contributed by atoms with Crippen LogP contribution in [0.2, 0.25) is 0 Å². The van der Waals surface area contributed by atoms with Crippen LogP contribution in [0.1, 0.15) is 13.8 Å². The minimum atomic E-state index is -1.73. The molecule has 21 heavy (non-hydrogen) atoms. The van der Waals surface area contributed by atoms with Crippen LogP contribution in [0.5, 0.6) is 0 Å². The average Bonchev–Trinajstić information content (AvgIpc) is 2.45. The number of para-hydroxylation sites is 1. The van der Waals surface area contributed by atoms with Crippen LogP contribution in [0.25, 0.3) is 0 Å². The first-order valence-corrected chi connectivity index (χ1v) is 6.65. The van der Waals surface area contributed by atoms with E-state index >= 15 is 0 Å². The summed E-state index contributed by atoms with van der Waals surface area (Å²) < 4.78 is 9.84. The Morgan fingerprint density at radius 1 is 1.19 bits per heavy atom. The predicted molar refractivity (Wildman–Crippen MR) is 72.0 cm³/mol. The summed E-state index contributed by atoms with van der Waals surface area (Å²) in [6.45, 7) is 3.64. The van der Waals surface area contributed by atoms with Crippen molar-refractivity contribution in [3.8, 4) is 0 Å². The molecule has 0 aromatic heterocycles. The second kappa shape index (κ2) is 6.55. The molecule has 1 aliphatic heterocycles. The Morgan fingerprint density at radius 3 is 2.38 bits per heavy atom. The Kier molecular flexibility index (Phi) is 4.77. The van der Waals surface area contributed by atoms with Gasteiger partial charge in [-0.1, -0.05) is 18.2 Å². The molecule has 1 fully saturated rings. The number of esters is 2. The summed E-state index contributed by atoms with van der Waals surface area (Å²) in [7, 11) is 0. The smallest absolute Gasteiger partial charge is 0.366 e. The number of nitrogens with one attached hydrogen (secondary N) is 1. The first kappa shape index (κ1) is 15.3. The molecule has 1 aromatic rings. The molecule has 2 atom stereocenters. The second-order valence-electron chi connectivity index (χ2n) is 4.26. The van der Waals surface area contributed by atoms with E-state index in [1.165, 1.54) is 0 Å². The molecule has 1 heterocycles. The average molecular weight is 295 g/mol. The lowest BCUT2D eigenvalue weighted by atomic mass is 10.0. The fourth-order valence-electron chi connectivity index (χ4n) is 1.87. The van der Waals surface area contributed by atoms with Crippen molar-refractivity contribution in [2.24, 2.45) is 0 Å². The molecule has 1 saturated heterocycles. The van der Waals surface area contributed by atoms with E-state index in [9.17, 15) is 9.59 Å². The molecule has 0 radical (unpaired) electrons. The first-order chi connectivity index (χ1) is 10.1. The Balaban J connectivity index is 2.23. The van der Waals surface area contributed by atoms with Gasteiger partial charge in [-0.3, -0.25) is 0 Å². The molecule has 0 amide bonds. The summed E-state index contributed by atoms with van der Waals surface area (Å²) in [4.78, 5) is 33.7. The molecule has 1 aliphatic rings. The van der Waals surface area contributed by atoms with Gasteiger partial charge in [-0.25, -0.2) is 14.5 Å². The third-order valence-electron chi connectivity index (χ3n) is 2.83. The van der Waals surface area contributed by atoms with E-state index < -0.39 is 23.8 Å². The maximum atomic E-state index is 12.2. The van der Waals surface area contributed by atoms with Crippen LogP contribution in [-0.4, -0.2) is 37.0 Å². The topological polar surface area (TPSA) is 83.1 Å². The maximum Gasteiger partial charge on any atom is 0.366 e. The van der Waals surface area contributed by atoms with Crippen LogP contribution in [0, 0.1) is 0 Å². The number of carbonyl (C=O) groups is 2. The van der Waals surface area contributed by atoms with Crippen molar-refractivity contribution in [2.45, 2.75) is 25.7 Å². The summed E-state index contributed by atoms with van der Waals surface area (Å²) in [6, 6.07) is 8.83. The van der Waals surface area contributed by atoms with E-state index in [1.54, 1.807) is 38.1 Å². The molecular formula is C14H17NO6. The molecule has 2 rings (SSSR count). The Hall–Kier alpha value is -2.12. The summed E-state index contributed by atoms with van der Waals surface area (Å²) in [5.41, 5.74) is -1.15. The summed E-state index contributed by atoms with van der Waals surface area (Å²) in [6.07, 6.45) is -1.23. The van der Waals surface area contributed by atoms with E-state index in [2.05, 4.69) is 5.32 Å². The Labute approximate surface area is 122 Å². The molecule has 2 unspecified atom stereocenters. The van der Waals surface area contributed by atoms with Crippen LogP contribution >= 0.6 is 0 Å². The van der Waals surface area contributed by atoms with Gasteiger partial charge in [-0.05, 0) is 26.0 Å². The maximum absolute atomic E-state index is 12.2. The van der Waals surface area contributed by atoms with Crippen molar-refractivity contribution in [1.82, 2.24) is 0 Å². The van der Waals surface area contributed by atoms with E-state index in [-0.39, 0.29) is 13.2 Å². The fourth-order valence-corrected chi connectivity index (χ4v) is 1.87. The van der Waals surface area contributed by atoms with Gasteiger partial charge in [0.2, 0.25) is 0 Å². The van der Waals surface area contributed by atoms with Gasteiger partial charge in [0.1, 0.15) is 0 Å². The molecule has 1 aromatic carbocycles. The number of hydrogen-bond acceptors (Lipinski definition) is 7. The third-order valence-corrected chi connectivity index (χ3v) is 2.83. The molecule has 114 valence electrons. The van der Waals surface area contributed by atoms with Gasteiger partial charge in [0.15, 0.2) is 0 Å². The van der Waals surface area contributed by atoms with Crippen LogP contribution in [-0.2, 0) is 28.8 Å². The van der Waals surface area contributed by atoms with Crippen molar-refractivity contribution >= 4 is 17.6 Å². The highest BCUT2D eigenvalue weighted by Crippen LogP contribution is 2.34. The van der Waals surface area contributed by atoms with E-state index in [0.29, 0.717) is 5.69 Å². The predicted octanol–water partition coefficient (Wildman–Crippen LogP) is 1.25. The Morgan fingerprint density at radius 2 is 1.86 bits per heavy atom. The Bertz CT molecular complexity index is 505. The zero-order chi connectivity index (χ0) is 15.3. The SMILES string of the molecule is CCOC(=O)C1OOC1(Nc1ccccc1)C(=O)OCC. The molecule has 1 N–H and O–H groups in total. The number of hydrogen-bond donors (Lipinski definition) is 1. The standard InChI is InChI=1S/C14H17NO6/c1-3-18-12(16)11-14(21-20-11,13(17)19-4-2)15-10-8-6-5-7-9-10/h5-9,11,15H,3-4H2,1-2H3. The third kappa shape index (κ3) is 2.98. The van der Waals surface area contributed by atoms with Crippen LogP contribution < -0.4 is 5.32 Å². The largest absolute Gasteiger partial charge is 0.464 e. The van der Waals surface area contributed by atoms with Gasteiger partial charge < -0.3 is 14.8 Å². The van der Waals surface area contributed by atoms with Crippen molar-refractivity contribution < 1.29 is 28.8 Å². The quantitative estimate of drug-likeness (QED) is 0.624. The number of benzene rings is 1. The number of rotatable bonds is 6. The highest BCUT2D eigenvalue weighted by molar-refractivity contribution is 5.92. The van der Waals surface area contributed by atoms with Crippen LogP contribution in [0.3, 0.4) is 0 Å². The molecule has 0 aliphatic carbocycles. The van der Waals surface area contributed by atoms with Gasteiger partial charge in [0, 0.05) is 5.69 Å². The summed E-state index contributed by atoms with van der Waals surface area (Å²) in [5.74, 6) is -1.43. The van der Waals surface area contributed by atoms with Crippen molar-refractivity contribution in [2.75, 3.05) is 18.5 Å². The number of ether oxygens (including phenoxy) is 2. The molecule has 7 nitrogen and oxygen atoms in total. The fraction of sp³-hybridized carbons (Fsp3) is 0.429. The summed E-state index contributed by atoms with van der Waals surface area (Å²) >= 11 is 0. The van der Waals surface area contributed by atoms with Gasteiger partial charge in [-0.2, -0.15) is 4.89 Å². The molecule has 0 spiro atoms. The molecule has 0 saturated carbocycles. The highest BCUT2D eigenvalue weighted by Gasteiger charge is 2.64. The second-order valence-corrected chi connectivity index (χ2v) is 4.26. The minimum absolute atomic E-state index is 0.149. The van der Waals surface area contributed by atoms with Crippen molar-refractivity contribution in [3.63, 3.8) is 0 Å². The van der Waals surface area contributed by atoms with Gasteiger partial charge in [0.25, 0.3) is 6.10 Å². The molecular weight excluding hydrogens is 278 g/mol.